The lowest BCUT2D eigenvalue weighted by Gasteiger charge is -2.21. The first-order chi connectivity index (χ1) is 14.7. The van der Waals surface area contributed by atoms with Crippen LogP contribution in [0.4, 0.5) is 11.5 Å². The first-order valence-corrected chi connectivity index (χ1v) is 11.3. The molecule has 0 unspecified atom stereocenters. The number of benzene rings is 2. The summed E-state index contributed by atoms with van der Waals surface area (Å²) in [5.41, 5.74) is 2.56. The van der Waals surface area contributed by atoms with Gasteiger partial charge in [-0.15, -0.1) is 0 Å². The van der Waals surface area contributed by atoms with E-state index < -0.39 is 16.0 Å². The molecule has 1 N–H and O–H groups in total. The van der Waals surface area contributed by atoms with Crippen molar-refractivity contribution in [3.8, 4) is 0 Å². The molecule has 0 amide bonds. The van der Waals surface area contributed by atoms with Crippen LogP contribution in [-0.2, 0) is 21.2 Å². The maximum absolute atomic E-state index is 13.6. The zero-order valence-electron chi connectivity index (χ0n) is 17.5. The topological polar surface area (TPSA) is 90.8 Å². The minimum atomic E-state index is -3.83. The molecule has 0 saturated carbocycles. The summed E-state index contributed by atoms with van der Waals surface area (Å²) in [6, 6.07) is 12.7. The maximum Gasteiger partial charge on any atom is 0.331 e. The van der Waals surface area contributed by atoms with Crippen LogP contribution < -0.4 is 9.21 Å². The molecule has 1 aromatic heterocycles. The standard InChI is InChI=1S/C23H23N3O4S/c1-15(23(27)28)12-16-13-17-10-11-26(22(17)24-14-16)31(29,30)21-9-5-6-18-19(21)7-4-8-20(18)25(2)3/h4-9,12-14H,10-11H2,1-3H3,(H,27,28). The number of carboxylic acid groups (broad SMARTS) is 1. The van der Waals surface area contributed by atoms with Gasteiger partial charge in [0.15, 0.2) is 0 Å². The number of fused-ring (bicyclic) bond motifs is 2. The van der Waals surface area contributed by atoms with Crippen LogP contribution >= 0.6 is 0 Å². The molecule has 0 fully saturated rings. The summed E-state index contributed by atoms with van der Waals surface area (Å²) >= 11 is 0. The number of rotatable bonds is 5. The Bertz CT molecular complexity index is 1330. The van der Waals surface area contributed by atoms with E-state index >= 15 is 0 Å². The number of sulfonamides is 1. The SMILES string of the molecule is CC(=Cc1cnc2c(c1)CCN2S(=O)(=O)c1cccc2c(N(C)C)cccc12)C(=O)O. The second-order valence-electron chi connectivity index (χ2n) is 7.73. The summed E-state index contributed by atoms with van der Waals surface area (Å²) in [6.07, 6.45) is 3.55. The predicted molar refractivity (Wildman–Crippen MR) is 122 cm³/mol. The molecular formula is C23H23N3O4S. The molecule has 2 heterocycles. The molecule has 0 bridgehead atoms. The zero-order chi connectivity index (χ0) is 22.3. The molecule has 0 aliphatic carbocycles. The second-order valence-corrected chi connectivity index (χ2v) is 9.56. The van der Waals surface area contributed by atoms with Crippen molar-refractivity contribution >= 4 is 44.3 Å². The molecule has 0 radical (unpaired) electrons. The molecule has 31 heavy (non-hydrogen) atoms. The monoisotopic (exact) mass is 437 g/mol. The van der Waals surface area contributed by atoms with Crippen molar-refractivity contribution in [2.24, 2.45) is 0 Å². The highest BCUT2D eigenvalue weighted by Crippen LogP contribution is 2.36. The Morgan fingerprint density at radius 2 is 1.87 bits per heavy atom. The average Bonchev–Trinajstić information content (AvgIpc) is 3.16. The number of hydrogen-bond donors (Lipinski definition) is 1. The smallest absolute Gasteiger partial charge is 0.331 e. The molecule has 2 aromatic carbocycles. The van der Waals surface area contributed by atoms with Crippen molar-refractivity contribution in [3.63, 3.8) is 0 Å². The number of carboxylic acids is 1. The van der Waals surface area contributed by atoms with Gasteiger partial charge in [-0.2, -0.15) is 0 Å². The molecule has 1 aliphatic heterocycles. The highest BCUT2D eigenvalue weighted by atomic mass is 32.2. The largest absolute Gasteiger partial charge is 0.478 e. The van der Waals surface area contributed by atoms with Gasteiger partial charge >= 0.3 is 5.97 Å². The van der Waals surface area contributed by atoms with Crippen LogP contribution in [-0.4, -0.2) is 45.1 Å². The van der Waals surface area contributed by atoms with Crippen molar-refractivity contribution in [1.29, 1.82) is 0 Å². The minimum Gasteiger partial charge on any atom is -0.478 e. The van der Waals surface area contributed by atoms with E-state index in [4.69, 9.17) is 5.11 Å². The van der Waals surface area contributed by atoms with Crippen LogP contribution in [0.15, 0.2) is 59.1 Å². The number of carbonyl (C=O) groups is 1. The number of hydrogen-bond acceptors (Lipinski definition) is 5. The molecule has 4 rings (SSSR count). The number of aliphatic carboxylic acids is 1. The van der Waals surface area contributed by atoms with Gasteiger partial charge < -0.3 is 10.0 Å². The predicted octanol–water partition coefficient (Wildman–Crippen LogP) is 3.54. The maximum atomic E-state index is 13.6. The molecule has 8 heteroatoms. The lowest BCUT2D eigenvalue weighted by atomic mass is 10.1. The van der Waals surface area contributed by atoms with Gasteiger partial charge in [-0.25, -0.2) is 22.5 Å². The zero-order valence-corrected chi connectivity index (χ0v) is 18.3. The van der Waals surface area contributed by atoms with Crippen molar-refractivity contribution in [2.45, 2.75) is 18.2 Å². The van der Waals surface area contributed by atoms with Gasteiger partial charge in [0, 0.05) is 48.9 Å². The fourth-order valence-corrected chi connectivity index (χ4v) is 5.55. The molecule has 0 spiro atoms. The second kappa shape index (κ2) is 7.70. The van der Waals surface area contributed by atoms with Crippen molar-refractivity contribution in [3.05, 3.63) is 65.4 Å². The van der Waals surface area contributed by atoms with Crippen LogP contribution in [0.3, 0.4) is 0 Å². The number of anilines is 2. The van der Waals surface area contributed by atoms with Gasteiger partial charge in [-0.05, 0) is 48.7 Å². The Kier molecular flexibility index (Phi) is 5.18. The highest BCUT2D eigenvalue weighted by Gasteiger charge is 2.33. The lowest BCUT2D eigenvalue weighted by Crippen LogP contribution is -2.30. The summed E-state index contributed by atoms with van der Waals surface area (Å²) in [7, 11) is 0.0229. The molecule has 7 nitrogen and oxygen atoms in total. The van der Waals surface area contributed by atoms with Crippen LogP contribution in [0.5, 0.6) is 0 Å². The summed E-state index contributed by atoms with van der Waals surface area (Å²) in [4.78, 5) is 17.6. The van der Waals surface area contributed by atoms with Gasteiger partial charge in [-0.3, -0.25) is 0 Å². The summed E-state index contributed by atoms with van der Waals surface area (Å²) in [5.74, 6) is -0.608. The van der Waals surface area contributed by atoms with E-state index in [1.807, 2.05) is 43.3 Å². The van der Waals surface area contributed by atoms with Crippen LogP contribution in [0.25, 0.3) is 16.8 Å². The number of pyridine rings is 1. The Balaban J connectivity index is 1.78. The lowest BCUT2D eigenvalue weighted by molar-refractivity contribution is -0.132. The normalized spacial score (nSPS) is 14.0. The van der Waals surface area contributed by atoms with Gasteiger partial charge in [0.1, 0.15) is 5.82 Å². The molecule has 1 aliphatic rings. The summed E-state index contributed by atoms with van der Waals surface area (Å²) in [6.45, 7) is 1.80. The van der Waals surface area contributed by atoms with Crippen molar-refractivity contribution < 1.29 is 18.3 Å². The number of nitrogens with zero attached hydrogens (tertiary/aromatic N) is 3. The molecule has 3 aromatic rings. The number of aromatic nitrogens is 1. The molecule has 0 atom stereocenters. The van der Waals surface area contributed by atoms with Gasteiger partial charge in [0.25, 0.3) is 10.0 Å². The van der Waals surface area contributed by atoms with E-state index in [-0.39, 0.29) is 10.5 Å². The van der Waals surface area contributed by atoms with E-state index in [1.54, 1.807) is 18.2 Å². The highest BCUT2D eigenvalue weighted by molar-refractivity contribution is 7.93. The van der Waals surface area contributed by atoms with Crippen LogP contribution in [0.2, 0.25) is 0 Å². The minimum absolute atomic E-state index is 0.191. The Hall–Kier alpha value is -3.39. The van der Waals surface area contributed by atoms with E-state index in [0.717, 1.165) is 16.6 Å². The summed E-state index contributed by atoms with van der Waals surface area (Å²) in [5, 5.41) is 10.6. The molecular weight excluding hydrogens is 414 g/mol. The fourth-order valence-electron chi connectivity index (χ4n) is 3.88. The first kappa shape index (κ1) is 20.9. The fraction of sp³-hybridized carbons (Fsp3) is 0.217. The average molecular weight is 438 g/mol. The third-order valence-corrected chi connectivity index (χ3v) is 7.26. The van der Waals surface area contributed by atoms with Crippen molar-refractivity contribution in [2.75, 3.05) is 29.8 Å². The third kappa shape index (κ3) is 3.63. The molecule has 160 valence electrons. The van der Waals surface area contributed by atoms with Crippen LogP contribution in [0.1, 0.15) is 18.1 Å². The van der Waals surface area contributed by atoms with E-state index in [0.29, 0.717) is 29.7 Å². The van der Waals surface area contributed by atoms with Gasteiger partial charge in [-0.1, -0.05) is 24.3 Å². The summed E-state index contributed by atoms with van der Waals surface area (Å²) < 4.78 is 28.6. The van der Waals surface area contributed by atoms with Crippen LogP contribution in [0, 0.1) is 0 Å². The first-order valence-electron chi connectivity index (χ1n) is 9.82. The molecule has 0 saturated heterocycles. The van der Waals surface area contributed by atoms with E-state index in [1.165, 1.54) is 23.5 Å². The Morgan fingerprint density at radius 1 is 1.16 bits per heavy atom. The third-order valence-electron chi connectivity index (χ3n) is 5.41. The van der Waals surface area contributed by atoms with Gasteiger partial charge in [0.2, 0.25) is 0 Å². The van der Waals surface area contributed by atoms with Crippen molar-refractivity contribution in [1.82, 2.24) is 4.98 Å². The van der Waals surface area contributed by atoms with Gasteiger partial charge in [0.05, 0.1) is 4.90 Å². The Morgan fingerprint density at radius 3 is 2.58 bits per heavy atom. The van der Waals surface area contributed by atoms with E-state index in [2.05, 4.69) is 4.98 Å². The Labute approximate surface area is 181 Å². The quantitative estimate of drug-likeness (QED) is 0.614. The van der Waals surface area contributed by atoms with E-state index in [9.17, 15) is 13.2 Å².